The van der Waals surface area contributed by atoms with E-state index >= 15 is 0 Å². The van der Waals surface area contributed by atoms with Gasteiger partial charge in [-0.2, -0.15) is 23.5 Å². The second-order valence-electron chi connectivity index (χ2n) is 7.34. The fourth-order valence-electron chi connectivity index (χ4n) is 3.26. The average molecular weight is 475 g/mol. The lowest BCUT2D eigenvalue weighted by atomic mass is 10.3. The number of nitrogens with zero attached hydrogens (tertiary/aromatic N) is 2. The van der Waals surface area contributed by atoms with Crippen LogP contribution < -0.4 is 10.6 Å². The van der Waals surface area contributed by atoms with Crippen LogP contribution >= 0.6 is 23.5 Å². The number of carbonyl (C=O) groups excluding carboxylic acids is 4. The minimum absolute atomic E-state index is 0.0881. The van der Waals surface area contributed by atoms with Gasteiger partial charge in [-0.1, -0.05) is 0 Å². The molecule has 3 N–H and O–H groups in total. The van der Waals surface area contributed by atoms with E-state index in [0.29, 0.717) is 37.4 Å². The van der Waals surface area contributed by atoms with Crippen molar-refractivity contribution in [2.24, 2.45) is 0 Å². The van der Waals surface area contributed by atoms with Crippen LogP contribution in [0.25, 0.3) is 0 Å². The van der Waals surface area contributed by atoms with Gasteiger partial charge in [0.1, 0.15) is 6.04 Å². The number of carboxylic acids is 1. The Labute approximate surface area is 190 Å². The smallest absolute Gasteiger partial charge is 0.328 e. The normalized spacial score (nSPS) is 17.2. The van der Waals surface area contributed by atoms with Gasteiger partial charge < -0.3 is 25.5 Å². The Kier molecular flexibility index (Phi) is 11.0. The van der Waals surface area contributed by atoms with E-state index in [1.165, 1.54) is 23.5 Å². The van der Waals surface area contributed by atoms with Crippen molar-refractivity contribution in [1.82, 2.24) is 20.4 Å². The molecule has 2 aliphatic heterocycles. The number of nitrogens with one attached hydrogen (secondary N) is 2. The van der Waals surface area contributed by atoms with E-state index in [-0.39, 0.29) is 35.8 Å². The monoisotopic (exact) mass is 474 g/mol. The maximum atomic E-state index is 12.0. The zero-order valence-corrected chi connectivity index (χ0v) is 19.1. The molecule has 0 aromatic rings. The molecule has 0 aromatic heterocycles. The molecular formula is C19H30N4O6S2. The van der Waals surface area contributed by atoms with Gasteiger partial charge in [-0.3, -0.25) is 19.2 Å². The average Bonchev–Trinajstić information content (AvgIpc) is 3.33. The van der Waals surface area contributed by atoms with E-state index in [0.717, 1.165) is 25.9 Å². The van der Waals surface area contributed by atoms with Crippen molar-refractivity contribution in [3.63, 3.8) is 0 Å². The molecule has 174 valence electrons. The summed E-state index contributed by atoms with van der Waals surface area (Å²) in [6, 6.07) is -1.20. The molecule has 0 aromatic carbocycles. The van der Waals surface area contributed by atoms with E-state index in [1.54, 1.807) is 9.80 Å². The van der Waals surface area contributed by atoms with Gasteiger partial charge in [-0.25, -0.2) is 4.79 Å². The van der Waals surface area contributed by atoms with Crippen LogP contribution in [0.2, 0.25) is 0 Å². The summed E-state index contributed by atoms with van der Waals surface area (Å²) in [5, 5.41) is 14.2. The lowest BCUT2D eigenvalue weighted by Gasteiger charge is -2.17. The minimum Gasteiger partial charge on any atom is -0.480 e. The number of thioether (sulfide) groups is 2. The number of aliphatic carboxylic acids is 1. The second kappa shape index (κ2) is 13.5. The Morgan fingerprint density at radius 1 is 0.903 bits per heavy atom. The summed E-state index contributed by atoms with van der Waals surface area (Å²) in [5.74, 6) is -0.194. The van der Waals surface area contributed by atoms with Gasteiger partial charge in [0, 0.05) is 57.1 Å². The molecule has 10 nitrogen and oxygen atoms in total. The lowest BCUT2D eigenvalue weighted by molar-refractivity contribution is -0.141. The number of hydrogen-bond donors (Lipinski definition) is 3. The van der Waals surface area contributed by atoms with Crippen LogP contribution in [0.3, 0.4) is 0 Å². The molecule has 0 saturated carbocycles. The van der Waals surface area contributed by atoms with Crippen LogP contribution in [0.15, 0.2) is 0 Å². The summed E-state index contributed by atoms with van der Waals surface area (Å²) in [6.45, 7) is 2.51. The van der Waals surface area contributed by atoms with Gasteiger partial charge in [0.25, 0.3) is 0 Å². The molecule has 1 atom stereocenters. The van der Waals surface area contributed by atoms with Crippen molar-refractivity contribution < 1.29 is 29.1 Å². The van der Waals surface area contributed by atoms with Gasteiger partial charge in [-0.15, -0.1) is 0 Å². The number of rotatable bonds is 14. The van der Waals surface area contributed by atoms with E-state index in [9.17, 15) is 29.1 Å². The van der Waals surface area contributed by atoms with Crippen molar-refractivity contribution in [2.75, 3.05) is 55.7 Å². The molecular weight excluding hydrogens is 444 g/mol. The van der Waals surface area contributed by atoms with E-state index in [1.807, 2.05) is 0 Å². The zero-order valence-electron chi connectivity index (χ0n) is 17.5. The van der Waals surface area contributed by atoms with Crippen molar-refractivity contribution in [2.45, 2.75) is 31.7 Å². The molecule has 0 aliphatic carbocycles. The van der Waals surface area contributed by atoms with Crippen molar-refractivity contribution in [1.29, 1.82) is 0 Å². The quantitative estimate of drug-likeness (QED) is 0.284. The van der Waals surface area contributed by atoms with Crippen molar-refractivity contribution in [3.8, 4) is 0 Å². The SMILES string of the molecule is O=C(CSCCN1CCCC1=O)NCC(NC(=O)CSCCN1CCCC1=O)C(=O)O. The molecule has 2 saturated heterocycles. The van der Waals surface area contributed by atoms with E-state index in [2.05, 4.69) is 10.6 Å². The summed E-state index contributed by atoms with van der Waals surface area (Å²) in [5.41, 5.74) is 0. The standard InChI is InChI=1S/C19H30N4O6S2/c24-15(12-30-9-7-22-5-1-3-17(22)26)20-11-14(19(28)29)21-16(25)13-31-10-8-23-6-2-4-18(23)27/h14H,1-13H2,(H,20,24)(H,21,25)(H,28,29). The summed E-state index contributed by atoms with van der Waals surface area (Å²) in [6.07, 6.45) is 2.91. The van der Waals surface area contributed by atoms with Gasteiger partial charge in [0.05, 0.1) is 11.5 Å². The first-order valence-corrected chi connectivity index (χ1v) is 12.7. The van der Waals surface area contributed by atoms with Gasteiger partial charge >= 0.3 is 5.97 Å². The van der Waals surface area contributed by atoms with Crippen LogP contribution in [0, 0.1) is 0 Å². The van der Waals surface area contributed by atoms with E-state index < -0.39 is 17.9 Å². The second-order valence-corrected chi connectivity index (χ2v) is 9.55. The Morgan fingerprint density at radius 2 is 1.42 bits per heavy atom. The molecule has 0 bridgehead atoms. The zero-order chi connectivity index (χ0) is 22.6. The highest BCUT2D eigenvalue weighted by atomic mass is 32.2. The molecule has 4 amide bonds. The Hall–Kier alpha value is -1.95. The molecule has 1 unspecified atom stereocenters. The molecule has 0 radical (unpaired) electrons. The third-order valence-electron chi connectivity index (χ3n) is 4.96. The summed E-state index contributed by atoms with van der Waals surface area (Å²) in [7, 11) is 0. The van der Waals surface area contributed by atoms with Crippen molar-refractivity contribution in [3.05, 3.63) is 0 Å². The predicted molar refractivity (Wildman–Crippen MR) is 119 cm³/mol. The summed E-state index contributed by atoms with van der Waals surface area (Å²) >= 11 is 2.71. The largest absolute Gasteiger partial charge is 0.480 e. The number of carbonyl (C=O) groups is 5. The molecule has 2 aliphatic rings. The summed E-state index contributed by atoms with van der Waals surface area (Å²) < 4.78 is 0. The third-order valence-corrected chi connectivity index (χ3v) is 6.83. The fourth-order valence-corrected chi connectivity index (χ4v) is 4.81. The van der Waals surface area contributed by atoms with Crippen LogP contribution in [-0.4, -0.2) is 106 Å². The Balaban J connectivity index is 1.56. The highest BCUT2D eigenvalue weighted by Gasteiger charge is 2.22. The maximum Gasteiger partial charge on any atom is 0.328 e. The number of carboxylic acid groups (broad SMARTS) is 1. The molecule has 0 spiro atoms. The number of likely N-dealkylation sites (tertiary alicyclic amines) is 2. The molecule has 2 heterocycles. The predicted octanol–water partition coefficient (Wildman–Crippen LogP) is -0.617. The van der Waals surface area contributed by atoms with Gasteiger partial charge in [-0.05, 0) is 12.8 Å². The highest BCUT2D eigenvalue weighted by Crippen LogP contribution is 2.12. The first kappa shape index (κ1) is 25.3. The van der Waals surface area contributed by atoms with E-state index in [4.69, 9.17) is 0 Å². The van der Waals surface area contributed by atoms with Gasteiger partial charge in [0.15, 0.2) is 0 Å². The number of hydrogen-bond acceptors (Lipinski definition) is 7. The molecule has 2 rings (SSSR count). The lowest BCUT2D eigenvalue weighted by Crippen LogP contribution is -2.49. The first-order chi connectivity index (χ1) is 14.9. The van der Waals surface area contributed by atoms with Gasteiger partial charge in [0.2, 0.25) is 23.6 Å². The maximum absolute atomic E-state index is 12.0. The molecule has 31 heavy (non-hydrogen) atoms. The third kappa shape index (κ3) is 9.38. The Morgan fingerprint density at radius 3 is 1.87 bits per heavy atom. The van der Waals surface area contributed by atoms with Crippen LogP contribution in [0.4, 0.5) is 0 Å². The highest BCUT2D eigenvalue weighted by molar-refractivity contribution is 8.00. The van der Waals surface area contributed by atoms with Crippen LogP contribution in [0.5, 0.6) is 0 Å². The Bertz CT molecular complexity index is 678. The molecule has 2 fully saturated rings. The van der Waals surface area contributed by atoms with Crippen LogP contribution in [0.1, 0.15) is 25.7 Å². The fraction of sp³-hybridized carbons (Fsp3) is 0.737. The topological polar surface area (TPSA) is 136 Å². The first-order valence-electron chi connectivity index (χ1n) is 10.4. The molecule has 12 heteroatoms. The summed E-state index contributed by atoms with van der Waals surface area (Å²) in [4.78, 5) is 61.9. The minimum atomic E-state index is -1.22. The van der Waals surface area contributed by atoms with Crippen LogP contribution in [-0.2, 0) is 24.0 Å². The van der Waals surface area contributed by atoms with Crippen molar-refractivity contribution >= 4 is 53.1 Å². The number of amides is 4.